The van der Waals surface area contributed by atoms with Crippen LogP contribution >= 0.6 is 0 Å². The molecule has 20 heavy (non-hydrogen) atoms. The zero-order valence-electron chi connectivity index (χ0n) is 11.3. The molecule has 1 fully saturated rings. The molecule has 2 heterocycles. The lowest BCUT2D eigenvalue weighted by Gasteiger charge is -2.34. The van der Waals surface area contributed by atoms with Crippen LogP contribution in [-0.2, 0) is 9.53 Å². The molecule has 0 aromatic carbocycles. The molecule has 0 radical (unpaired) electrons. The SMILES string of the molecule is COC(=O)c1nc(C)cc(N2CCNCC2C(=O)O)n1. The predicted molar refractivity (Wildman–Crippen MR) is 69.7 cm³/mol. The van der Waals surface area contributed by atoms with Crippen LogP contribution in [-0.4, -0.2) is 59.8 Å². The van der Waals surface area contributed by atoms with Crippen molar-refractivity contribution >= 4 is 17.8 Å². The third-order valence-electron chi connectivity index (χ3n) is 3.03. The summed E-state index contributed by atoms with van der Waals surface area (Å²) < 4.78 is 4.60. The van der Waals surface area contributed by atoms with Crippen LogP contribution in [0.25, 0.3) is 0 Å². The fourth-order valence-corrected chi connectivity index (χ4v) is 2.08. The molecule has 1 aromatic rings. The molecule has 2 N–H and O–H groups in total. The highest BCUT2D eigenvalue weighted by Gasteiger charge is 2.30. The van der Waals surface area contributed by atoms with Crippen LogP contribution in [0.3, 0.4) is 0 Å². The molecule has 1 atom stereocenters. The first-order valence-corrected chi connectivity index (χ1v) is 6.17. The van der Waals surface area contributed by atoms with Crippen molar-refractivity contribution in [1.82, 2.24) is 15.3 Å². The van der Waals surface area contributed by atoms with Crippen molar-refractivity contribution < 1.29 is 19.4 Å². The minimum atomic E-state index is -0.937. The Balaban J connectivity index is 2.37. The van der Waals surface area contributed by atoms with E-state index in [1.807, 2.05) is 0 Å². The second-order valence-electron chi connectivity index (χ2n) is 4.43. The molecule has 1 aliphatic rings. The average Bonchev–Trinajstić information content (AvgIpc) is 2.45. The van der Waals surface area contributed by atoms with E-state index in [-0.39, 0.29) is 5.82 Å². The highest BCUT2D eigenvalue weighted by Crippen LogP contribution is 2.17. The Hall–Kier alpha value is -2.22. The number of carbonyl (C=O) groups excluding carboxylic acids is 1. The number of carboxylic acids is 1. The Morgan fingerprint density at radius 3 is 2.90 bits per heavy atom. The summed E-state index contributed by atoms with van der Waals surface area (Å²) in [6, 6.07) is 0.941. The maximum Gasteiger partial charge on any atom is 0.376 e. The summed E-state index contributed by atoms with van der Waals surface area (Å²) in [4.78, 5) is 32.6. The first-order chi connectivity index (χ1) is 9.52. The van der Waals surface area contributed by atoms with Gasteiger partial charge in [0.1, 0.15) is 11.9 Å². The zero-order valence-corrected chi connectivity index (χ0v) is 11.3. The van der Waals surface area contributed by atoms with Crippen molar-refractivity contribution in [2.75, 3.05) is 31.6 Å². The van der Waals surface area contributed by atoms with Crippen molar-refractivity contribution in [2.45, 2.75) is 13.0 Å². The number of aryl methyl sites for hydroxylation is 1. The summed E-state index contributed by atoms with van der Waals surface area (Å²) in [5, 5.41) is 12.3. The van der Waals surface area contributed by atoms with Crippen LogP contribution in [0.5, 0.6) is 0 Å². The second kappa shape index (κ2) is 5.83. The summed E-state index contributed by atoms with van der Waals surface area (Å²) in [7, 11) is 1.25. The summed E-state index contributed by atoms with van der Waals surface area (Å²) >= 11 is 0. The summed E-state index contributed by atoms with van der Waals surface area (Å²) in [6.45, 7) is 3.19. The van der Waals surface area contributed by atoms with Gasteiger partial charge < -0.3 is 20.1 Å². The molecule has 108 valence electrons. The molecule has 0 bridgehead atoms. The van der Waals surface area contributed by atoms with Crippen molar-refractivity contribution in [3.05, 3.63) is 17.6 Å². The zero-order chi connectivity index (χ0) is 14.7. The van der Waals surface area contributed by atoms with Crippen molar-refractivity contribution in [1.29, 1.82) is 0 Å². The van der Waals surface area contributed by atoms with E-state index in [9.17, 15) is 14.7 Å². The number of esters is 1. The van der Waals surface area contributed by atoms with Gasteiger partial charge in [-0.2, -0.15) is 0 Å². The van der Waals surface area contributed by atoms with E-state index in [1.54, 1.807) is 17.9 Å². The number of piperazine rings is 1. The Morgan fingerprint density at radius 1 is 1.50 bits per heavy atom. The number of hydrogen-bond acceptors (Lipinski definition) is 7. The minimum Gasteiger partial charge on any atom is -0.480 e. The number of ether oxygens (including phenoxy) is 1. The molecular weight excluding hydrogens is 264 g/mol. The van der Waals surface area contributed by atoms with Gasteiger partial charge in [-0.15, -0.1) is 0 Å². The third-order valence-corrected chi connectivity index (χ3v) is 3.03. The molecule has 0 amide bonds. The standard InChI is InChI=1S/C12H16N4O4/c1-7-5-9(15-10(14-7)12(19)20-2)16-4-3-13-6-8(16)11(17)18/h5,8,13H,3-4,6H2,1-2H3,(H,17,18). The topological polar surface area (TPSA) is 105 Å². The van der Waals surface area contributed by atoms with Gasteiger partial charge in [0, 0.05) is 31.4 Å². The van der Waals surface area contributed by atoms with Crippen LogP contribution in [0, 0.1) is 6.92 Å². The Kier molecular flexibility index (Phi) is 4.14. The molecule has 8 heteroatoms. The summed E-state index contributed by atoms with van der Waals surface area (Å²) in [6.07, 6.45) is 0. The summed E-state index contributed by atoms with van der Waals surface area (Å²) in [5.74, 6) is -1.22. The lowest BCUT2D eigenvalue weighted by molar-refractivity contribution is -0.138. The fraction of sp³-hybridized carbons (Fsp3) is 0.500. The predicted octanol–water partition coefficient (Wildman–Crippen LogP) is -0.566. The van der Waals surface area contributed by atoms with E-state index < -0.39 is 18.0 Å². The molecule has 0 saturated carbocycles. The second-order valence-corrected chi connectivity index (χ2v) is 4.43. The highest BCUT2D eigenvalue weighted by atomic mass is 16.5. The van der Waals surface area contributed by atoms with Gasteiger partial charge in [-0.3, -0.25) is 0 Å². The molecule has 1 saturated heterocycles. The largest absolute Gasteiger partial charge is 0.480 e. The van der Waals surface area contributed by atoms with Gasteiger partial charge in [-0.05, 0) is 6.92 Å². The molecule has 1 aliphatic heterocycles. The molecular formula is C12H16N4O4. The number of aromatic nitrogens is 2. The van der Waals surface area contributed by atoms with Gasteiger partial charge in [-0.1, -0.05) is 0 Å². The Bertz CT molecular complexity index is 534. The van der Waals surface area contributed by atoms with Gasteiger partial charge in [0.05, 0.1) is 7.11 Å². The number of carboxylic acid groups (broad SMARTS) is 1. The molecule has 1 unspecified atom stereocenters. The van der Waals surface area contributed by atoms with E-state index in [1.165, 1.54) is 7.11 Å². The van der Waals surface area contributed by atoms with Gasteiger partial charge in [0.15, 0.2) is 0 Å². The van der Waals surface area contributed by atoms with Crippen LogP contribution in [0.15, 0.2) is 6.07 Å². The highest BCUT2D eigenvalue weighted by molar-refractivity contribution is 5.86. The van der Waals surface area contributed by atoms with Gasteiger partial charge in [-0.25, -0.2) is 19.6 Å². The van der Waals surface area contributed by atoms with Crippen LogP contribution in [0.4, 0.5) is 5.82 Å². The lowest BCUT2D eigenvalue weighted by Crippen LogP contribution is -2.55. The smallest absolute Gasteiger partial charge is 0.376 e. The minimum absolute atomic E-state index is 0.0647. The molecule has 8 nitrogen and oxygen atoms in total. The monoisotopic (exact) mass is 280 g/mol. The Labute approximate surface area is 115 Å². The number of anilines is 1. The van der Waals surface area contributed by atoms with E-state index in [0.29, 0.717) is 31.1 Å². The van der Waals surface area contributed by atoms with Crippen molar-refractivity contribution in [3.8, 4) is 0 Å². The average molecular weight is 280 g/mol. The van der Waals surface area contributed by atoms with Crippen LogP contribution < -0.4 is 10.2 Å². The number of hydrogen-bond donors (Lipinski definition) is 2. The number of nitrogens with zero attached hydrogens (tertiary/aromatic N) is 3. The van der Waals surface area contributed by atoms with E-state index in [2.05, 4.69) is 20.0 Å². The number of aliphatic carboxylic acids is 1. The van der Waals surface area contributed by atoms with E-state index in [4.69, 9.17) is 0 Å². The van der Waals surface area contributed by atoms with Gasteiger partial charge in [0.2, 0.25) is 5.82 Å². The molecule has 1 aromatic heterocycles. The van der Waals surface area contributed by atoms with Crippen molar-refractivity contribution in [3.63, 3.8) is 0 Å². The first-order valence-electron chi connectivity index (χ1n) is 6.17. The Morgan fingerprint density at radius 2 is 2.25 bits per heavy atom. The fourth-order valence-electron chi connectivity index (χ4n) is 2.08. The number of rotatable bonds is 3. The molecule has 2 rings (SSSR count). The molecule has 0 spiro atoms. The van der Waals surface area contributed by atoms with Crippen molar-refractivity contribution in [2.24, 2.45) is 0 Å². The quantitative estimate of drug-likeness (QED) is 0.710. The maximum atomic E-state index is 11.5. The number of carbonyl (C=O) groups is 2. The van der Waals surface area contributed by atoms with Crippen LogP contribution in [0.2, 0.25) is 0 Å². The number of methoxy groups -OCH3 is 1. The third kappa shape index (κ3) is 2.85. The first kappa shape index (κ1) is 14.2. The molecule has 0 aliphatic carbocycles. The van der Waals surface area contributed by atoms with Gasteiger partial charge in [0.25, 0.3) is 0 Å². The lowest BCUT2D eigenvalue weighted by atomic mass is 10.2. The van der Waals surface area contributed by atoms with E-state index in [0.717, 1.165) is 0 Å². The van der Waals surface area contributed by atoms with Crippen LogP contribution in [0.1, 0.15) is 16.3 Å². The maximum absolute atomic E-state index is 11.5. The normalized spacial score (nSPS) is 18.7. The number of nitrogens with one attached hydrogen (secondary N) is 1. The summed E-state index contributed by atoms with van der Waals surface area (Å²) in [5.41, 5.74) is 0.582. The van der Waals surface area contributed by atoms with E-state index >= 15 is 0 Å². The van der Waals surface area contributed by atoms with Gasteiger partial charge >= 0.3 is 11.9 Å².